The molecule has 4 nitrogen and oxygen atoms in total. The van der Waals surface area contributed by atoms with Crippen molar-refractivity contribution in [3.05, 3.63) is 30.9 Å². The van der Waals surface area contributed by atoms with Crippen molar-refractivity contribution >= 4 is 23.0 Å². The van der Waals surface area contributed by atoms with Crippen molar-refractivity contribution in [1.29, 1.82) is 0 Å². The van der Waals surface area contributed by atoms with E-state index in [0.29, 0.717) is 30.6 Å². The van der Waals surface area contributed by atoms with Gasteiger partial charge in [0.1, 0.15) is 0 Å². The van der Waals surface area contributed by atoms with Gasteiger partial charge in [-0.3, -0.25) is 0 Å². The lowest BCUT2D eigenvalue weighted by molar-refractivity contribution is 0.288. The Morgan fingerprint density at radius 2 is 1.95 bits per heavy atom. The van der Waals surface area contributed by atoms with Gasteiger partial charge in [-0.15, -0.1) is 6.58 Å². The number of nitrogens with one attached hydrogen (secondary N) is 2. The molecular weight excluding hydrogens is 260 g/mol. The van der Waals surface area contributed by atoms with E-state index in [4.69, 9.17) is 21.7 Å². The summed E-state index contributed by atoms with van der Waals surface area (Å²) in [5.74, 6) is 1.45. The molecule has 0 fully saturated rings. The Morgan fingerprint density at radius 1 is 1.26 bits per heavy atom. The monoisotopic (exact) mass is 280 g/mol. The Kier molecular flexibility index (Phi) is 6.74. The SMILES string of the molecule is C=CCNC(=S)Nc1ccc(OCC)c(OCC)c1. The maximum atomic E-state index is 5.55. The number of hydrogen-bond acceptors (Lipinski definition) is 3. The van der Waals surface area contributed by atoms with Crippen LogP contribution in [0.25, 0.3) is 0 Å². The van der Waals surface area contributed by atoms with Gasteiger partial charge in [-0.1, -0.05) is 6.08 Å². The number of ether oxygens (including phenoxy) is 2. The minimum absolute atomic E-state index is 0.548. The highest BCUT2D eigenvalue weighted by atomic mass is 32.1. The van der Waals surface area contributed by atoms with Crippen LogP contribution in [0.15, 0.2) is 30.9 Å². The molecule has 2 N–H and O–H groups in total. The molecule has 0 aliphatic carbocycles. The van der Waals surface area contributed by atoms with Gasteiger partial charge in [-0.2, -0.15) is 0 Å². The quantitative estimate of drug-likeness (QED) is 0.594. The summed E-state index contributed by atoms with van der Waals surface area (Å²) in [6, 6.07) is 5.64. The average Bonchev–Trinajstić information content (AvgIpc) is 2.40. The predicted molar refractivity (Wildman–Crippen MR) is 83.2 cm³/mol. The third-order valence-electron chi connectivity index (χ3n) is 2.21. The predicted octanol–water partition coefficient (Wildman–Crippen LogP) is 2.96. The Morgan fingerprint density at radius 3 is 2.58 bits per heavy atom. The second kappa shape index (κ2) is 8.37. The van der Waals surface area contributed by atoms with Crippen LogP contribution in [0.4, 0.5) is 5.69 Å². The standard InChI is InChI=1S/C14H20N2O2S/c1-4-9-15-14(19)16-11-7-8-12(17-5-2)13(10-11)18-6-3/h4,7-8,10H,1,5-6,9H2,2-3H3,(H2,15,16,19). The molecular formula is C14H20N2O2S. The number of thiocarbonyl (C=S) groups is 1. The van der Waals surface area contributed by atoms with Crippen molar-refractivity contribution in [2.45, 2.75) is 13.8 Å². The van der Waals surface area contributed by atoms with E-state index >= 15 is 0 Å². The summed E-state index contributed by atoms with van der Waals surface area (Å²) >= 11 is 5.15. The van der Waals surface area contributed by atoms with Crippen molar-refractivity contribution in [2.75, 3.05) is 25.1 Å². The molecule has 0 heterocycles. The van der Waals surface area contributed by atoms with Gasteiger partial charge in [-0.05, 0) is 38.2 Å². The molecule has 0 atom stereocenters. The molecule has 0 saturated carbocycles. The van der Waals surface area contributed by atoms with Crippen LogP contribution in [0, 0.1) is 0 Å². The van der Waals surface area contributed by atoms with Crippen LogP contribution in [0.2, 0.25) is 0 Å². The van der Waals surface area contributed by atoms with Crippen molar-refractivity contribution in [1.82, 2.24) is 5.32 Å². The summed E-state index contributed by atoms with van der Waals surface area (Å²) < 4.78 is 11.0. The van der Waals surface area contributed by atoms with Gasteiger partial charge < -0.3 is 20.1 Å². The van der Waals surface area contributed by atoms with Crippen LogP contribution in [0.3, 0.4) is 0 Å². The second-order valence-corrected chi connectivity index (χ2v) is 4.06. The van der Waals surface area contributed by atoms with Crippen molar-refractivity contribution in [2.24, 2.45) is 0 Å². The van der Waals surface area contributed by atoms with Gasteiger partial charge >= 0.3 is 0 Å². The van der Waals surface area contributed by atoms with Crippen molar-refractivity contribution in [3.8, 4) is 11.5 Å². The lowest BCUT2D eigenvalue weighted by Crippen LogP contribution is -2.28. The summed E-state index contributed by atoms with van der Waals surface area (Å²) in [5.41, 5.74) is 0.855. The molecule has 1 aromatic rings. The molecule has 1 aromatic carbocycles. The molecule has 0 aliphatic heterocycles. The van der Waals surface area contributed by atoms with E-state index in [1.165, 1.54) is 0 Å². The third kappa shape index (κ3) is 5.18. The van der Waals surface area contributed by atoms with Crippen LogP contribution in [-0.2, 0) is 0 Å². The molecule has 0 saturated heterocycles. The summed E-state index contributed by atoms with van der Waals surface area (Å²) in [6.45, 7) is 9.32. The highest BCUT2D eigenvalue weighted by Crippen LogP contribution is 2.30. The van der Waals surface area contributed by atoms with E-state index in [1.807, 2.05) is 32.0 Å². The minimum Gasteiger partial charge on any atom is -0.490 e. The van der Waals surface area contributed by atoms with E-state index in [1.54, 1.807) is 6.08 Å². The van der Waals surface area contributed by atoms with Crippen LogP contribution in [0.5, 0.6) is 11.5 Å². The fourth-order valence-electron chi connectivity index (χ4n) is 1.47. The lowest BCUT2D eigenvalue weighted by atomic mass is 10.2. The molecule has 0 bridgehead atoms. The molecule has 0 spiro atoms. The van der Waals surface area contributed by atoms with Gasteiger partial charge in [-0.25, -0.2) is 0 Å². The number of benzene rings is 1. The Bertz CT molecular complexity index is 435. The van der Waals surface area contributed by atoms with Gasteiger partial charge in [0, 0.05) is 18.3 Å². The summed E-state index contributed by atoms with van der Waals surface area (Å²) in [7, 11) is 0. The van der Waals surface area contributed by atoms with Gasteiger partial charge in [0.25, 0.3) is 0 Å². The average molecular weight is 280 g/mol. The first-order valence-corrected chi connectivity index (χ1v) is 6.67. The topological polar surface area (TPSA) is 42.5 Å². The molecule has 0 aromatic heterocycles. The summed E-state index contributed by atoms with van der Waals surface area (Å²) in [4.78, 5) is 0. The Hall–Kier alpha value is -1.75. The van der Waals surface area contributed by atoms with Crippen LogP contribution in [-0.4, -0.2) is 24.9 Å². The second-order valence-electron chi connectivity index (χ2n) is 3.65. The van der Waals surface area contributed by atoms with Crippen molar-refractivity contribution in [3.63, 3.8) is 0 Å². The largest absolute Gasteiger partial charge is 0.490 e. The number of rotatable bonds is 7. The summed E-state index contributed by atoms with van der Waals surface area (Å²) in [5, 5.41) is 6.63. The molecule has 5 heteroatoms. The molecule has 0 aliphatic rings. The zero-order valence-electron chi connectivity index (χ0n) is 11.4. The number of hydrogen-bond donors (Lipinski definition) is 2. The van der Waals surface area contributed by atoms with Crippen LogP contribution >= 0.6 is 12.2 Å². The Balaban J connectivity index is 2.76. The van der Waals surface area contributed by atoms with Gasteiger partial charge in [0.05, 0.1) is 13.2 Å². The first kappa shape index (κ1) is 15.3. The third-order valence-corrected chi connectivity index (χ3v) is 2.45. The normalized spacial score (nSPS) is 9.58. The van der Waals surface area contributed by atoms with E-state index in [0.717, 1.165) is 11.4 Å². The fourth-order valence-corrected chi connectivity index (χ4v) is 1.67. The van der Waals surface area contributed by atoms with Crippen LogP contribution < -0.4 is 20.1 Å². The van der Waals surface area contributed by atoms with E-state index in [2.05, 4.69) is 17.2 Å². The number of anilines is 1. The zero-order valence-corrected chi connectivity index (χ0v) is 12.2. The first-order valence-electron chi connectivity index (χ1n) is 6.26. The molecule has 19 heavy (non-hydrogen) atoms. The highest BCUT2D eigenvalue weighted by Gasteiger charge is 2.06. The lowest BCUT2D eigenvalue weighted by Gasteiger charge is -2.14. The molecule has 104 valence electrons. The summed E-state index contributed by atoms with van der Waals surface area (Å²) in [6.07, 6.45) is 1.75. The minimum atomic E-state index is 0.548. The smallest absolute Gasteiger partial charge is 0.171 e. The van der Waals surface area contributed by atoms with E-state index in [-0.39, 0.29) is 0 Å². The fraction of sp³-hybridized carbons (Fsp3) is 0.357. The Labute approximate surface area is 119 Å². The zero-order chi connectivity index (χ0) is 14.1. The van der Waals surface area contributed by atoms with E-state index < -0.39 is 0 Å². The van der Waals surface area contributed by atoms with Gasteiger partial charge in [0.15, 0.2) is 16.6 Å². The maximum absolute atomic E-state index is 5.55. The van der Waals surface area contributed by atoms with E-state index in [9.17, 15) is 0 Å². The molecule has 0 amide bonds. The molecule has 0 unspecified atom stereocenters. The first-order chi connectivity index (χ1) is 9.21. The molecule has 1 rings (SSSR count). The highest BCUT2D eigenvalue weighted by molar-refractivity contribution is 7.80. The van der Waals surface area contributed by atoms with Gasteiger partial charge in [0.2, 0.25) is 0 Å². The maximum Gasteiger partial charge on any atom is 0.171 e. The van der Waals surface area contributed by atoms with Crippen LogP contribution in [0.1, 0.15) is 13.8 Å². The van der Waals surface area contributed by atoms with Crippen molar-refractivity contribution < 1.29 is 9.47 Å². The molecule has 0 radical (unpaired) electrons.